The van der Waals surface area contributed by atoms with E-state index >= 15 is 0 Å². The van der Waals surface area contributed by atoms with Crippen LogP contribution in [0.1, 0.15) is 35.1 Å². The van der Waals surface area contributed by atoms with E-state index in [2.05, 4.69) is 6.07 Å². The van der Waals surface area contributed by atoms with E-state index in [0.717, 1.165) is 22.4 Å². The van der Waals surface area contributed by atoms with Crippen molar-refractivity contribution < 1.29 is 14.1 Å². The third-order valence-corrected chi connectivity index (χ3v) is 5.34. The number of rotatable bonds is 7. The highest BCUT2D eigenvalue weighted by Crippen LogP contribution is 2.38. The lowest BCUT2D eigenvalue weighted by atomic mass is 9.55. The predicted octanol–water partition coefficient (Wildman–Crippen LogP) is 2.54. The highest BCUT2D eigenvalue weighted by atomic mass is 16.5. The van der Waals surface area contributed by atoms with Crippen LogP contribution in [-0.2, 0) is 23.6 Å². The number of nitriles is 1. The van der Waals surface area contributed by atoms with Gasteiger partial charge < -0.3 is 4.74 Å². The number of aromatic nitrogens is 2. The van der Waals surface area contributed by atoms with Crippen molar-refractivity contribution in [2.75, 3.05) is 6.61 Å². The summed E-state index contributed by atoms with van der Waals surface area (Å²) in [5.41, 5.74) is 4.36. The normalized spacial score (nSPS) is 12.8. The number of aryl methyl sites for hydroxylation is 3. The number of hydrogen-bond donors (Lipinski definition) is 0. The molecule has 2 atom stereocenters. The van der Waals surface area contributed by atoms with Crippen molar-refractivity contribution >= 4 is 19.0 Å². The molecule has 0 N–H and O–H groups in total. The summed E-state index contributed by atoms with van der Waals surface area (Å²) in [5, 5.41) is 9.74. The van der Waals surface area contributed by atoms with Gasteiger partial charge in [-0.3, -0.25) is 13.9 Å². The molecule has 0 aliphatic carbocycles. The molecule has 0 aliphatic heterocycles. The first-order valence-corrected chi connectivity index (χ1v) is 10.0. The molecule has 30 heavy (non-hydrogen) atoms. The van der Waals surface area contributed by atoms with E-state index < -0.39 is 5.82 Å². The number of ether oxygens (including phenoxy) is 1. The van der Waals surface area contributed by atoms with E-state index in [0.29, 0.717) is 12.2 Å². The van der Waals surface area contributed by atoms with Gasteiger partial charge in [0.25, 0.3) is 5.97 Å². The summed E-state index contributed by atoms with van der Waals surface area (Å²) >= 11 is 0. The number of carbonyl (C=O) groups is 1. The first kappa shape index (κ1) is 21.4. The van der Waals surface area contributed by atoms with Gasteiger partial charge in [-0.2, -0.15) is 12.5 Å². The Bertz CT molecular complexity index is 1050. The van der Waals surface area contributed by atoms with Crippen LogP contribution in [0, 0.1) is 18.3 Å². The molecule has 0 bridgehead atoms. The number of nitrogens with zero attached hydrogens (tertiary/aromatic N) is 3. The standard InChI is InChI=1S/C24H26BN3O2/c1-5-30-23(29)22(25-24-27(3)14-15-28(24)4)21(18-12-10-17(2)11-13-18)20-9-7-6-8-19(20)16-26/h6-15,21-22H,5H2,1-4H3/t21-,22+/m1/s1. The number of imidazole rings is 1. The highest BCUT2D eigenvalue weighted by Gasteiger charge is 2.28. The van der Waals surface area contributed by atoms with Gasteiger partial charge in [0.2, 0.25) is 0 Å². The smallest absolute Gasteiger partial charge is 0.269 e. The Balaban J connectivity index is 2.19. The van der Waals surface area contributed by atoms with E-state index in [-0.39, 0.29) is 11.9 Å². The number of esters is 1. The summed E-state index contributed by atoms with van der Waals surface area (Å²) in [7, 11) is 5.83. The Labute approximate surface area is 178 Å². The molecule has 1 aromatic heterocycles. The number of benzene rings is 2. The van der Waals surface area contributed by atoms with E-state index in [1.807, 2.05) is 99.2 Å². The Morgan fingerprint density at radius 3 is 2.53 bits per heavy atom. The third kappa shape index (κ3) is 4.46. The van der Waals surface area contributed by atoms with Crippen LogP contribution in [-0.4, -0.2) is 24.4 Å². The molecule has 6 heteroatoms. The second-order valence-electron chi connectivity index (χ2n) is 7.41. The van der Waals surface area contributed by atoms with Crippen LogP contribution in [0.15, 0.2) is 60.9 Å². The van der Waals surface area contributed by atoms with E-state index in [4.69, 9.17) is 4.74 Å². The molecule has 3 aromatic rings. The molecule has 1 heterocycles. The quantitative estimate of drug-likeness (QED) is 0.349. The largest absolute Gasteiger partial charge is 0.468 e. The lowest BCUT2D eigenvalue weighted by Crippen LogP contribution is -2.52. The molecule has 2 radical (unpaired) electrons. The minimum absolute atomic E-state index is 0.295. The zero-order valence-electron chi connectivity index (χ0n) is 17.9. The third-order valence-electron chi connectivity index (χ3n) is 5.34. The van der Waals surface area contributed by atoms with Gasteiger partial charge in [0.15, 0.2) is 0 Å². The fraction of sp³-hybridized carbons (Fsp3) is 0.292. The summed E-state index contributed by atoms with van der Waals surface area (Å²) in [6, 6.07) is 17.9. The molecule has 0 saturated carbocycles. The van der Waals surface area contributed by atoms with Crippen molar-refractivity contribution in [2.45, 2.75) is 25.6 Å². The van der Waals surface area contributed by atoms with Crippen molar-refractivity contribution in [3.63, 3.8) is 0 Å². The SMILES string of the molecule is CCOC(=O)[C@@H]([B-]c1n(C)cc[n+]1C)[C@H](c1ccc(C)cc1)c1ccccc1C#N. The molecule has 2 aromatic carbocycles. The van der Waals surface area contributed by atoms with Crippen LogP contribution in [0.2, 0.25) is 5.82 Å². The molecular formula is C24H26BN3O2. The molecule has 0 saturated heterocycles. The van der Waals surface area contributed by atoms with Crippen LogP contribution >= 0.6 is 0 Å². The average molecular weight is 399 g/mol. The molecule has 152 valence electrons. The van der Waals surface area contributed by atoms with Crippen LogP contribution in [0.4, 0.5) is 0 Å². The lowest BCUT2D eigenvalue weighted by molar-refractivity contribution is -0.653. The summed E-state index contributed by atoms with van der Waals surface area (Å²) in [6.45, 7) is 4.13. The summed E-state index contributed by atoms with van der Waals surface area (Å²) in [5.74, 6) is -1.26. The second kappa shape index (κ2) is 9.45. The molecule has 3 rings (SSSR count). The summed E-state index contributed by atoms with van der Waals surface area (Å²) in [4.78, 5) is 13.2. The Morgan fingerprint density at radius 2 is 1.93 bits per heavy atom. The van der Waals surface area contributed by atoms with E-state index in [1.54, 1.807) is 6.07 Å². The zero-order valence-corrected chi connectivity index (χ0v) is 17.9. The fourth-order valence-corrected chi connectivity index (χ4v) is 3.76. The first-order valence-electron chi connectivity index (χ1n) is 10.0. The molecule has 0 unspecified atom stereocenters. The maximum atomic E-state index is 13.2. The van der Waals surface area contributed by atoms with Crippen LogP contribution in [0.5, 0.6) is 0 Å². The van der Waals surface area contributed by atoms with Crippen molar-refractivity contribution in [1.82, 2.24) is 4.57 Å². The topological polar surface area (TPSA) is 58.9 Å². The van der Waals surface area contributed by atoms with Gasteiger partial charge in [0.05, 0.1) is 32.3 Å². The monoisotopic (exact) mass is 399 g/mol. The minimum Gasteiger partial charge on any atom is -0.468 e. The Kier molecular flexibility index (Phi) is 6.74. The number of carbonyl (C=O) groups excluding carboxylic acids is 1. The molecular weight excluding hydrogens is 373 g/mol. The maximum absolute atomic E-state index is 13.2. The molecule has 0 aliphatic rings. The second-order valence-corrected chi connectivity index (χ2v) is 7.41. The maximum Gasteiger partial charge on any atom is 0.269 e. The van der Waals surface area contributed by atoms with Gasteiger partial charge in [-0.1, -0.05) is 48.0 Å². The average Bonchev–Trinajstić information content (AvgIpc) is 3.06. The summed E-state index contributed by atoms with van der Waals surface area (Å²) < 4.78 is 9.42. The van der Waals surface area contributed by atoms with Crippen molar-refractivity contribution in [1.29, 1.82) is 5.26 Å². The number of hydrogen-bond acceptors (Lipinski definition) is 3. The van der Waals surface area contributed by atoms with Gasteiger partial charge in [-0.25, -0.2) is 0 Å². The van der Waals surface area contributed by atoms with Gasteiger partial charge in [-0.05, 0) is 37.0 Å². The molecule has 0 amide bonds. The predicted molar refractivity (Wildman–Crippen MR) is 117 cm³/mol. The van der Waals surface area contributed by atoms with Gasteiger partial charge in [0.1, 0.15) is 12.4 Å². The van der Waals surface area contributed by atoms with Crippen molar-refractivity contribution in [3.05, 3.63) is 83.2 Å². The summed E-state index contributed by atoms with van der Waals surface area (Å²) in [6.07, 6.45) is 3.89. The minimum atomic E-state index is -0.595. The van der Waals surface area contributed by atoms with Crippen molar-refractivity contribution in [2.24, 2.45) is 14.1 Å². The van der Waals surface area contributed by atoms with E-state index in [9.17, 15) is 10.1 Å². The Hall–Kier alpha value is -3.33. The molecule has 0 spiro atoms. The molecule has 0 fully saturated rings. The lowest BCUT2D eigenvalue weighted by Gasteiger charge is -2.34. The van der Waals surface area contributed by atoms with Crippen LogP contribution in [0.25, 0.3) is 0 Å². The van der Waals surface area contributed by atoms with Crippen LogP contribution < -0.4 is 10.3 Å². The van der Waals surface area contributed by atoms with Gasteiger partial charge >= 0.3 is 0 Å². The first-order chi connectivity index (χ1) is 14.5. The van der Waals surface area contributed by atoms with Crippen LogP contribution in [0.3, 0.4) is 0 Å². The fourth-order valence-electron chi connectivity index (χ4n) is 3.76. The molecule has 5 nitrogen and oxygen atoms in total. The van der Waals surface area contributed by atoms with Gasteiger partial charge in [-0.15, -0.1) is 5.82 Å². The van der Waals surface area contributed by atoms with Gasteiger partial charge in [0, 0.05) is 5.72 Å². The highest BCUT2D eigenvalue weighted by molar-refractivity contribution is 6.56. The van der Waals surface area contributed by atoms with E-state index in [1.165, 1.54) is 0 Å². The zero-order chi connectivity index (χ0) is 21.7. The Morgan fingerprint density at radius 1 is 1.23 bits per heavy atom. The van der Waals surface area contributed by atoms with Crippen molar-refractivity contribution in [3.8, 4) is 6.07 Å².